The van der Waals surface area contributed by atoms with Crippen LogP contribution in [0.2, 0.25) is 0 Å². The number of aromatic nitrogens is 1. The van der Waals surface area contributed by atoms with E-state index in [0.717, 1.165) is 27.8 Å². The van der Waals surface area contributed by atoms with E-state index in [9.17, 15) is 4.79 Å². The molecule has 1 aromatic carbocycles. The van der Waals surface area contributed by atoms with E-state index in [1.165, 1.54) is 0 Å². The zero-order chi connectivity index (χ0) is 13.1. The summed E-state index contributed by atoms with van der Waals surface area (Å²) in [5.41, 5.74) is 2.64. The summed E-state index contributed by atoms with van der Waals surface area (Å²) in [5.74, 6) is 0.779. The lowest BCUT2D eigenvalue weighted by atomic mass is 10.1. The predicted octanol–water partition coefficient (Wildman–Crippen LogP) is 2.96. The van der Waals surface area contributed by atoms with Crippen LogP contribution in [0.15, 0.2) is 35.6 Å². The van der Waals surface area contributed by atoms with Crippen LogP contribution in [0.5, 0.6) is 5.75 Å². The molecule has 0 unspecified atom stereocenters. The highest BCUT2D eigenvalue weighted by Gasteiger charge is 2.08. The van der Waals surface area contributed by atoms with Gasteiger partial charge in [0.25, 0.3) is 5.56 Å². The number of hydrogen-bond acceptors (Lipinski definition) is 2. The molecule has 0 atom stereocenters. The van der Waals surface area contributed by atoms with Crippen LogP contribution in [-0.2, 0) is 6.42 Å². The van der Waals surface area contributed by atoms with Gasteiger partial charge >= 0.3 is 0 Å². The Morgan fingerprint density at radius 1 is 1.44 bits per heavy atom. The first-order valence-electron chi connectivity index (χ1n) is 6.06. The maximum Gasteiger partial charge on any atom is 0.251 e. The maximum atomic E-state index is 11.8. The highest BCUT2D eigenvalue weighted by molar-refractivity contribution is 5.88. The normalized spacial score (nSPS) is 10.6. The minimum Gasteiger partial charge on any atom is -0.489 e. The number of benzene rings is 1. The van der Waals surface area contributed by atoms with Crippen LogP contribution in [0.3, 0.4) is 0 Å². The summed E-state index contributed by atoms with van der Waals surface area (Å²) in [6, 6.07) is 5.79. The Labute approximate surface area is 106 Å². The largest absolute Gasteiger partial charge is 0.489 e. The molecule has 0 spiro atoms. The van der Waals surface area contributed by atoms with Gasteiger partial charge in [0, 0.05) is 10.9 Å². The SMILES string of the molecule is C=CCOc1ccc(C)c2[nH]c(=O)c(CC)cc12. The van der Waals surface area contributed by atoms with E-state index in [2.05, 4.69) is 11.6 Å². The van der Waals surface area contributed by atoms with Crippen molar-refractivity contribution < 1.29 is 4.74 Å². The molecule has 0 bridgehead atoms. The second-order valence-electron chi connectivity index (χ2n) is 4.25. The first kappa shape index (κ1) is 12.4. The first-order chi connectivity index (χ1) is 8.67. The number of pyridine rings is 1. The van der Waals surface area contributed by atoms with Crippen LogP contribution in [0.4, 0.5) is 0 Å². The Morgan fingerprint density at radius 3 is 2.89 bits per heavy atom. The first-order valence-corrected chi connectivity index (χ1v) is 6.06. The molecule has 2 aromatic rings. The van der Waals surface area contributed by atoms with E-state index in [4.69, 9.17) is 4.74 Å². The molecular weight excluding hydrogens is 226 g/mol. The predicted molar refractivity (Wildman–Crippen MR) is 74.4 cm³/mol. The zero-order valence-corrected chi connectivity index (χ0v) is 10.7. The summed E-state index contributed by atoms with van der Waals surface area (Å²) in [6.07, 6.45) is 2.41. The molecule has 0 saturated carbocycles. The van der Waals surface area contributed by atoms with Crippen LogP contribution in [-0.4, -0.2) is 11.6 Å². The van der Waals surface area contributed by atoms with Gasteiger partial charge in [0.2, 0.25) is 0 Å². The number of fused-ring (bicyclic) bond motifs is 1. The number of aromatic amines is 1. The molecule has 1 heterocycles. The number of nitrogens with one attached hydrogen (secondary N) is 1. The van der Waals surface area contributed by atoms with Gasteiger partial charge in [-0.15, -0.1) is 0 Å². The molecule has 18 heavy (non-hydrogen) atoms. The number of hydrogen-bond donors (Lipinski definition) is 1. The maximum absolute atomic E-state index is 11.8. The van der Waals surface area contributed by atoms with Crippen molar-refractivity contribution in [1.29, 1.82) is 0 Å². The van der Waals surface area contributed by atoms with Gasteiger partial charge in [-0.1, -0.05) is 25.6 Å². The highest BCUT2D eigenvalue weighted by atomic mass is 16.5. The van der Waals surface area contributed by atoms with Gasteiger partial charge in [-0.25, -0.2) is 0 Å². The van der Waals surface area contributed by atoms with Gasteiger partial charge in [0.05, 0.1) is 5.52 Å². The summed E-state index contributed by atoms with van der Waals surface area (Å²) in [7, 11) is 0. The van der Waals surface area contributed by atoms with Gasteiger partial charge in [0.15, 0.2) is 0 Å². The average molecular weight is 243 g/mol. The van der Waals surface area contributed by atoms with E-state index < -0.39 is 0 Å². The Hall–Kier alpha value is -2.03. The molecule has 1 aromatic heterocycles. The second-order valence-corrected chi connectivity index (χ2v) is 4.25. The lowest BCUT2D eigenvalue weighted by Gasteiger charge is -2.10. The van der Waals surface area contributed by atoms with Crippen molar-refractivity contribution in [3.05, 3.63) is 52.3 Å². The van der Waals surface area contributed by atoms with Crippen molar-refractivity contribution in [1.82, 2.24) is 4.98 Å². The molecule has 3 heteroatoms. The molecule has 2 rings (SSSR count). The zero-order valence-electron chi connectivity index (χ0n) is 10.7. The van der Waals surface area contributed by atoms with Crippen LogP contribution in [0, 0.1) is 6.92 Å². The summed E-state index contributed by atoms with van der Waals surface area (Å²) in [5, 5.41) is 0.952. The molecule has 0 amide bonds. The molecule has 0 radical (unpaired) electrons. The monoisotopic (exact) mass is 243 g/mol. The summed E-state index contributed by atoms with van der Waals surface area (Å²) >= 11 is 0. The number of rotatable bonds is 4. The van der Waals surface area contributed by atoms with Gasteiger partial charge in [-0.2, -0.15) is 0 Å². The van der Waals surface area contributed by atoms with Gasteiger partial charge in [0.1, 0.15) is 12.4 Å². The van der Waals surface area contributed by atoms with Crippen LogP contribution < -0.4 is 10.3 Å². The number of ether oxygens (including phenoxy) is 1. The summed E-state index contributed by atoms with van der Waals surface area (Å²) < 4.78 is 5.62. The molecule has 3 nitrogen and oxygen atoms in total. The van der Waals surface area contributed by atoms with Crippen LogP contribution in [0.1, 0.15) is 18.1 Å². The topological polar surface area (TPSA) is 42.1 Å². The van der Waals surface area contributed by atoms with Crippen molar-refractivity contribution in [3.63, 3.8) is 0 Å². The molecule has 0 aliphatic rings. The summed E-state index contributed by atoms with van der Waals surface area (Å²) in [6.45, 7) is 8.04. The molecule has 1 N–H and O–H groups in total. The Kier molecular flexibility index (Phi) is 3.51. The van der Waals surface area contributed by atoms with E-state index in [1.807, 2.05) is 32.0 Å². The fourth-order valence-electron chi connectivity index (χ4n) is 1.99. The minimum absolute atomic E-state index is 0.0195. The molecular formula is C15H17NO2. The molecule has 94 valence electrons. The third kappa shape index (κ3) is 2.16. The van der Waals surface area contributed by atoms with Crippen molar-refractivity contribution in [2.45, 2.75) is 20.3 Å². The van der Waals surface area contributed by atoms with E-state index in [1.54, 1.807) is 6.08 Å². The Bertz CT molecular complexity index is 641. The fraction of sp³-hybridized carbons (Fsp3) is 0.267. The number of H-pyrrole nitrogens is 1. The van der Waals surface area contributed by atoms with E-state index in [0.29, 0.717) is 13.0 Å². The van der Waals surface area contributed by atoms with Crippen molar-refractivity contribution in [3.8, 4) is 5.75 Å². The van der Waals surface area contributed by atoms with Crippen LogP contribution in [0.25, 0.3) is 10.9 Å². The molecule has 0 aliphatic carbocycles. The third-order valence-corrected chi connectivity index (χ3v) is 3.00. The fourth-order valence-corrected chi connectivity index (χ4v) is 1.99. The standard InChI is InChI=1S/C15H17NO2/c1-4-8-18-13-7-6-10(3)14-12(13)9-11(5-2)15(17)16-14/h4,6-7,9H,1,5,8H2,2-3H3,(H,16,17). The minimum atomic E-state index is -0.0195. The van der Waals surface area contributed by atoms with Crippen LogP contribution >= 0.6 is 0 Å². The summed E-state index contributed by atoms with van der Waals surface area (Å²) in [4.78, 5) is 14.8. The highest BCUT2D eigenvalue weighted by Crippen LogP contribution is 2.26. The number of aryl methyl sites for hydroxylation is 2. The van der Waals surface area contributed by atoms with Crippen molar-refractivity contribution >= 4 is 10.9 Å². The van der Waals surface area contributed by atoms with Gasteiger partial charge in [-0.05, 0) is 31.0 Å². The van der Waals surface area contributed by atoms with E-state index in [-0.39, 0.29) is 5.56 Å². The Balaban J connectivity index is 2.69. The lowest BCUT2D eigenvalue weighted by Crippen LogP contribution is -2.12. The second kappa shape index (κ2) is 5.08. The molecule has 0 aliphatic heterocycles. The van der Waals surface area contributed by atoms with Gasteiger partial charge < -0.3 is 9.72 Å². The van der Waals surface area contributed by atoms with Crippen molar-refractivity contribution in [2.75, 3.05) is 6.61 Å². The lowest BCUT2D eigenvalue weighted by molar-refractivity contribution is 0.367. The third-order valence-electron chi connectivity index (χ3n) is 3.00. The molecule has 0 fully saturated rings. The smallest absolute Gasteiger partial charge is 0.251 e. The van der Waals surface area contributed by atoms with Gasteiger partial charge in [-0.3, -0.25) is 4.79 Å². The Morgan fingerprint density at radius 2 is 2.22 bits per heavy atom. The average Bonchev–Trinajstić information content (AvgIpc) is 2.38. The quantitative estimate of drug-likeness (QED) is 0.839. The van der Waals surface area contributed by atoms with Crippen molar-refractivity contribution in [2.24, 2.45) is 0 Å². The molecule has 0 saturated heterocycles. The van der Waals surface area contributed by atoms with E-state index >= 15 is 0 Å².